The summed E-state index contributed by atoms with van der Waals surface area (Å²) in [5, 5.41) is 2.69. The van der Waals surface area contributed by atoms with Crippen LogP contribution in [0.2, 0.25) is 0 Å². The lowest BCUT2D eigenvalue weighted by molar-refractivity contribution is -0.116. The van der Waals surface area contributed by atoms with Gasteiger partial charge in [-0.25, -0.2) is 4.39 Å². The molecule has 2 saturated heterocycles. The number of amides is 2. The van der Waals surface area contributed by atoms with Gasteiger partial charge in [-0.2, -0.15) is 0 Å². The highest BCUT2D eigenvalue weighted by atomic mass is 19.1. The molecule has 31 heavy (non-hydrogen) atoms. The van der Waals surface area contributed by atoms with Gasteiger partial charge in [-0.15, -0.1) is 0 Å². The lowest BCUT2D eigenvalue weighted by atomic mass is 9.77. The van der Waals surface area contributed by atoms with E-state index in [1.165, 1.54) is 11.6 Å². The number of carbonyl (C=O) groups is 2. The number of benzene rings is 2. The number of piperidine rings is 1. The van der Waals surface area contributed by atoms with Crippen molar-refractivity contribution in [1.82, 2.24) is 9.80 Å². The Hall–Kier alpha value is -2.73. The number of hydrogen-bond donors (Lipinski definition) is 1. The van der Waals surface area contributed by atoms with Crippen molar-refractivity contribution < 1.29 is 14.0 Å². The highest BCUT2D eigenvalue weighted by molar-refractivity contribution is 5.98. The van der Waals surface area contributed by atoms with Gasteiger partial charge in [0.15, 0.2) is 0 Å². The van der Waals surface area contributed by atoms with E-state index in [1.807, 2.05) is 6.07 Å². The SMILES string of the molecule is O=C1CCc2cc(C(=O)N3CCC4(CCN(Cc5ccccc5)C4)CC3)c(F)cc2N1. The molecule has 162 valence electrons. The van der Waals surface area contributed by atoms with E-state index in [9.17, 15) is 14.0 Å². The fraction of sp³-hybridized carbons (Fsp3) is 0.440. The first-order valence-corrected chi connectivity index (χ1v) is 11.2. The molecule has 0 saturated carbocycles. The number of fused-ring (bicyclic) bond motifs is 1. The van der Waals surface area contributed by atoms with E-state index in [2.05, 4.69) is 34.5 Å². The maximum Gasteiger partial charge on any atom is 0.256 e. The standard InChI is InChI=1S/C25H28FN3O2/c26-21-15-22-19(6-7-23(30)27-22)14-20(21)24(31)29-12-9-25(10-13-29)8-11-28(17-25)16-18-4-2-1-3-5-18/h1-5,14-15H,6-13,16-17H2,(H,27,30). The summed E-state index contributed by atoms with van der Waals surface area (Å²) in [6, 6.07) is 13.5. The average Bonchev–Trinajstić information content (AvgIpc) is 3.16. The first kappa shape index (κ1) is 20.2. The molecular weight excluding hydrogens is 393 g/mol. The van der Waals surface area contributed by atoms with E-state index in [-0.39, 0.29) is 22.8 Å². The molecule has 0 radical (unpaired) electrons. The van der Waals surface area contributed by atoms with Crippen LogP contribution in [0, 0.1) is 11.2 Å². The smallest absolute Gasteiger partial charge is 0.256 e. The van der Waals surface area contributed by atoms with Crippen molar-refractivity contribution in [1.29, 1.82) is 0 Å². The second kappa shape index (κ2) is 8.08. The summed E-state index contributed by atoms with van der Waals surface area (Å²) in [7, 11) is 0. The molecule has 3 aliphatic heterocycles. The predicted octanol–water partition coefficient (Wildman–Crippen LogP) is 3.84. The number of hydrogen-bond acceptors (Lipinski definition) is 3. The van der Waals surface area contributed by atoms with E-state index in [0.29, 0.717) is 31.6 Å². The molecular formula is C25H28FN3O2. The Morgan fingerprint density at radius 3 is 2.55 bits per heavy atom. The van der Waals surface area contributed by atoms with E-state index < -0.39 is 5.82 Å². The third kappa shape index (κ3) is 4.09. The third-order valence-corrected chi connectivity index (χ3v) is 7.20. The van der Waals surface area contributed by atoms with Crippen molar-refractivity contribution in [3.05, 3.63) is 65.0 Å². The molecule has 2 aromatic rings. The number of nitrogens with one attached hydrogen (secondary N) is 1. The number of rotatable bonds is 3. The summed E-state index contributed by atoms with van der Waals surface area (Å²) >= 11 is 0. The van der Waals surface area contributed by atoms with Gasteiger partial charge in [-0.05, 0) is 60.9 Å². The van der Waals surface area contributed by atoms with Crippen molar-refractivity contribution >= 4 is 17.5 Å². The van der Waals surface area contributed by atoms with Gasteiger partial charge in [0, 0.05) is 38.3 Å². The summed E-state index contributed by atoms with van der Waals surface area (Å²) in [6.45, 7) is 4.48. The minimum atomic E-state index is -0.555. The molecule has 0 aliphatic carbocycles. The Balaban J connectivity index is 1.22. The topological polar surface area (TPSA) is 52.7 Å². The minimum absolute atomic E-state index is 0.106. The van der Waals surface area contributed by atoms with E-state index >= 15 is 0 Å². The van der Waals surface area contributed by atoms with Gasteiger partial charge in [0.2, 0.25) is 5.91 Å². The number of halogens is 1. The molecule has 5 nitrogen and oxygen atoms in total. The molecule has 2 aromatic carbocycles. The lowest BCUT2D eigenvalue weighted by Crippen LogP contribution is -2.44. The molecule has 3 heterocycles. The molecule has 0 bridgehead atoms. The molecule has 2 fully saturated rings. The minimum Gasteiger partial charge on any atom is -0.339 e. The summed E-state index contributed by atoms with van der Waals surface area (Å²) in [6.07, 6.45) is 4.01. The summed E-state index contributed by atoms with van der Waals surface area (Å²) in [5.41, 5.74) is 3.07. The van der Waals surface area contributed by atoms with Crippen LogP contribution >= 0.6 is 0 Å². The maximum absolute atomic E-state index is 14.7. The number of aryl methyl sites for hydroxylation is 1. The molecule has 0 unspecified atom stereocenters. The molecule has 1 spiro atoms. The molecule has 2 amide bonds. The first-order valence-electron chi connectivity index (χ1n) is 11.2. The fourth-order valence-corrected chi connectivity index (χ4v) is 5.33. The van der Waals surface area contributed by atoms with Crippen LogP contribution in [-0.2, 0) is 17.8 Å². The second-order valence-corrected chi connectivity index (χ2v) is 9.28. The molecule has 0 aromatic heterocycles. The highest BCUT2D eigenvalue weighted by Gasteiger charge is 2.41. The van der Waals surface area contributed by atoms with Crippen LogP contribution in [-0.4, -0.2) is 47.8 Å². The zero-order valence-electron chi connectivity index (χ0n) is 17.7. The Morgan fingerprint density at radius 2 is 1.77 bits per heavy atom. The van der Waals surface area contributed by atoms with Gasteiger partial charge in [-0.1, -0.05) is 30.3 Å². The average molecular weight is 422 g/mol. The zero-order chi connectivity index (χ0) is 21.4. The zero-order valence-corrected chi connectivity index (χ0v) is 17.7. The first-order chi connectivity index (χ1) is 15.0. The van der Waals surface area contributed by atoms with Crippen LogP contribution in [0.15, 0.2) is 42.5 Å². The Labute approximate surface area is 182 Å². The molecule has 0 atom stereocenters. The van der Waals surface area contributed by atoms with E-state index in [0.717, 1.165) is 44.5 Å². The van der Waals surface area contributed by atoms with Gasteiger partial charge in [0.1, 0.15) is 5.82 Å². The molecule has 6 heteroatoms. The van der Waals surface area contributed by atoms with Crippen molar-refractivity contribution in [2.45, 2.75) is 38.6 Å². The van der Waals surface area contributed by atoms with Crippen LogP contribution < -0.4 is 5.32 Å². The van der Waals surface area contributed by atoms with E-state index in [1.54, 1.807) is 11.0 Å². The Kier molecular flexibility index (Phi) is 5.26. The summed E-state index contributed by atoms with van der Waals surface area (Å²) < 4.78 is 14.7. The molecule has 5 rings (SSSR count). The monoisotopic (exact) mass is 421 g/mol. The van der Waals surface area contributed by atoms with E-state index in [4.69, 9.17) is 0 Å². The summed E-state index contributed by atoms with van der Waals surface area (Å²) in [5.74, 6) is -0.891. The van der Waals surface area contributed by atoms with Crippen molar-refractivity contribution in [3.8, 4) is 0 Å². The van der Waals surface area contributed by atoms with Crippen LogP contribution in [0.4, 0.5) is 10.1 Å². The van der Waals surface area contributed by atoms with Crippen LogP contribution in [0.5, 0.6) is 0 Å². The fourth-order valence-electron chi connectivity index (χ4n) is 5.33. The van der Waals surface area contributed by atoms with Gasteiger partial charge in [0.25, 0.3) is 5.91 Å². The third-order valence-electron chi connectivity index (χ3n) is 7.20. The maximum atomic E-state index is 14.7. The van der Waals surface area contributed by atoms with Gasteiger partial charge in [0.05, 0.1) is 5.56 Å². The second-order valence-electron chi connectivity index (χ2n) is 9.28. The van der Waals surface area contributed by atoms with Gasteiger partial charge < -0.3 is 10.2 Å². The van der Waals surface area contributed by atoms with Crippen LogP contribution in [0.3, 0.4) is 0 Å². The predicted molar refractivity (Wildman–Crippen MR) is 117 cm³/mol. The highest BCUT2D eigenvalue weighted by Crippen LogP contribution is 2.41. The number of likely N-dealkylation sites (tertiary alicyclic amines) is 2. The van der Waals surface area contributed by atoms with Gasteiger partial charge >= 0.3 is 0 Å². The largest absolute Gasteiger partial charge is 0.339 e. The Morgan fingerprint density at radius 1 is 1.03 bits per heavy atom. The van der Waals surface area contributed by atoms with Crippen molar-refractivity contribution in [3.63, 3.8) is 0 Å². The van der Waals surface area contributed by atoms with Gasteiger partial charge in [-0.3, -0.25) is 14.5 Å². The number of nitrogens with zero attached hydrogens (tertiary/aromatic N) is 2. The molecule has 3 aliphatic rings. The van der Waals surface area contributed by atoms with Crippen molar-refractivity contribution in [2.75, 3.05) is 31.5 Å². The summed E-state index contributed by atoms with van der Waals surface area (Å²) in [4.78, 5) is 28.9. The lowest BCUT2D eigenvalue weighted by Gasteiger charge is -2.39. The number of anilines is 1. The quantitative estimate of drug-likeness (QED) is 0.819. The molecule has 1 N–H and O–H groups in total. The Bertz CT molecular complexity index is 999. The van der Waals surface area contributed by atoms with Crippen molar-refractivity contribution in [2.24, 2.45) is 5.41 Å². The van der Waals surface area contributed by atoms with Crippen LogP contribution in [0.1, 0.15) is 47.2 Å². The number of carbonyl (C=O) groups excluding carboxylic acids is 2. The van der Waals surface area contributed by atoms with Crippen LogP contribution in [0.25, 0.3) is 0 Å². The normalized spacial score (nSPS) is 20.5.